The highest BCUT2D eigenvalue weighted by Crippen LogP contribution is 2.42. The number of ketones is 1. The van der Waals surface area contributed by atoms with Crippen LogP contribution in [0.5, 0.6) is 11.5 Å². The molecule has 0 bridgehead atoms. The molecule has 1 fully saturated rings. The molecule has 0 unspecified atom stereocenters. The summed E-state index contributed by atoms with van der Waals surface area (Å²) in [7, 11) is 0. The SMILES string of the molecule is O=C1/C(=C/c2ccccc2Cl)Oc2c1ccc1c2CN(CCCN2CCOCC2)CO1. The van der Waals surface area contributed by atoms with E-state index in [9.17, 15) is 4.79 Å². The molecule has 0 aromatic heterocycles. The molecule has 2 aromatic rings. The lowest BCUT2D eigenvalue weighted by Crippen LogP contribution is -2.39. The number of nitrogens with zero attached hydrogens (tertiary/aromatic N) is 2. The van der Waals surface area contributed by atoms with Crippen molar-refractivity contribution in [3.8, 4) is 11.5 Å². The summed E-state index contributed by atoms with van der Waals surface area (Å²) in [4.78, 5) is 17.6. The average Bonchev–Trinajstić information content (AvgIpc) is 3.12. The number of allylic oxidation sites excluding steroid dienone is 1. The molecule has 2 aromatic carbocycles. The topological polar surface area (TPSA) is 51.2 Å². The molecule has 3 aliphatic rings. The van der Waals surface area contributed by atoms with Crippen molar-refractivity contribution in [2.24, 2.45) is 0 Å². The maximum atomic E-state index is 12.9. The monoisotopic (exact) mass is 440 g/mol. The summed E-state index contributed by atoms with van der Waals surface area (Å²) in [6.45, 7) is 6.88. The molecule has 0 amide bonds. The fraction of sp³-hybridized carbons (Fsp3) is 0.375. The summed E-state index contributed by atoms with van der Waals surface area (Å²) < 4.78 is 17.4. The molecule has 0 spiro atoms. The van der Waals surface area contributed by atoms with Crippen LogP contribution in [0.4, 0.5) is 0 Å². The molecule has 1 saturated heterocycles. The van der Waals surface area contributed by atoms with Crippen molar-refractivity contribution in [3.63, 3.8) is 0 Å². The van der Waals surface area contributed by atoms with E-state index >= 15 is 0 Å². The van der Waals surface area contributed by atoms with Gasteiger partial charge in [-0.3, -0.25) is 14.6 Å². The zero-order valence-electron chi connectivity index (χ0n) is 17.3. The minimum atomic E-state index is -0.123. The second-order valence-corrected chi connectivity index (χ2v) is 8.42. The molecule has 3 heterocycles. The van der Waals surface area contributed by atoms with Crippen molar-refractivity contribution in [3.05, 3.63) is 63.9 Å². The summed E-state index contributed by atoms with van der Waals surface area (Å²) in [6.07, 6.45) is 2.77. The van der Waals surface area contributed by atoms with E-state index in [4.69, 9.17) is 25.8 Å². The van der Waals surface area contributed by atoms with E-state index < -0.39 is 0 Å². The molecule has 0 N–H and O–H groups in total. The minimum Gasteiger partial charge on any atom is -0.478 e. The first kappa shape index (κ1) is 20.5. The second-order valence-electron chi connectivity index (χ2n) is 8.01. The van der Waals surface area contributed by atoms with E-state index in [2.05, 4.69) is 9.80 Å². The summed E-state index contributed by atoms with van der Waals surface area (Å²) in [5, 5.41) is 0.583. The normalized spacial score (nSPS) is 20.3. The van der Waals surface area contributed by atoms with E-state index in [0.717, 1.165) is 62.7 Å². The van der Waals surface area contributed by atoms with Gasteiger partial charge in [-0.05, 0) is 42.8 Å². The van der Waals surface area contributed by atoms with Gasteiger partial charge in [0, 0.05) is 31.2 Å². The maximum absolute atomic E-state index is 12.9. The van der Waals surface area contributed by atoms with Crippen LogP contribution in [0.1, 0.15) is 27.9 Å². The zero-order valence-corrected chi connectivity index (χ0v) is 18.1. The van der Waals surface area contributed by atoms with Crippen LogP contribution >= 0.6 is 11.6 Å². The van der Waals surface area contributed by atoms with Crippen molar-refractivity contribution in [2.75, 3.05) is 46.1 Å². The van der Waals surface area contributed by atoms with Crippen molar-refractivity contribution >= 4 is 23.5 Å². The Morgan fingerprint density at radius 1 is 1.03 bits per heavy atom. The van der Waals surface area contributed by atoms with Crippen molar-refractivity contribution in [2.45, 2.75) is 13.0 Å². The maximum Gasteiger partial charge on any atom is 0.231 e. The standard InChI is InChI=1S/C24H25ClN2O4/c25-20-5-2-1-4-17(20)14-22-23(28)18-6-7-21-19(24(18)31-22)15-27(16-30-21)9-3-8-26-10-12-29-13-11-26/h1-2,4-7,14H,3,8-13,15-16H2/b22-14-. The zero-order chi connectivity index (χ0) is 21.2. The van der Waals surface area contributed by atoms with E-state index in [1.54, 1.807) is 18.2 Å². The highest BCUT2D eigenvalue weighted by Gasteiger charge is 2.33. The molecule has 0 saturated carbocycles. The lowest BCUT2D eigenvalue weighted by atomic mass is 10.0. The van der Waals surface area contributed by atoms with Gasteiger partial charge < -0.3 is 14.2 Å². The molecule has 162 valence electrons. The number of benzene rings is 2. The largest absolute Gasteiger partial charge is 0.478 e. The third kappa shape index (κ3) is 4.34. The van der Waals surface area contributed by atoms with Gasteiger partial charge in [0.2, 0.25) is 5.78 Å². The van der Waals surface area contributed by atoms with Crippen LogP contribution in [0.25, 0.3) is 6.08 Å². The molecule has 3 aliphatic heterocycles. The van der Waals surface area contributed by atoms with Gasteiger partial charge in [-0.15, -0.1) is 0 Å². The van der Waals surface area contributed by atoms with Crippen LogP contribution in [0, 0.1) is 0 Å². The van der Waals surface area contributed by atoms with Gasteiger partial charge in [-0.1, -0.05) is 29.8 Å². The minimum absolute atomic E-state index is 0.123. The summed E-state index contributed by atoms with van der Waals surface area (Å²) in [5.74, 6) is 1.57. The van der Waals surface area contributed by atoms with E-state index in [1.165, 1.54) is 0 Å². The van der Waals surface area contributed by atoms with E-state index in [-0.39, 0.29) is 5.78 Å². The Morgan fingerprint density at radius 2 is 1.84 bits per heavy atom. The predicted molar refractivity (Wildman–Crippen MR) is 119 cm³/mol. The average molecular weight is 441 g/mol. The number of fused-ring (bicyclic) bond motifs is 3. The highest BCUT2D eigenvalue weighted by atomic mass is 35.5. The number of hydrogen-bond acceptors (Lipinski definition) is 6. The van der Waals surface area contributed by atoms with Crippen molar-refractivity contribution in [1.29, 1.82) is 0 Å². The third-order valence-corrected chi connectivity index (χ3v) is 6.27. The van der Waals surface area contributed by atoms with Gasteiger partial charge in [0.15, 0.2) is 5.76 Å². The molecular formula is C24H25ClN2O4. The van der Waals surface area contributed by atoms with Gasteiger partial charge >= 0.3 is 0 Å². The van der Waals surface area contributed by atoms with Crippen LogP contribution in [-0.2, 0) is 11.3 Å². The van der Waals surface area contributed by atoms with E-state index in [0.29, 0.717) is 35.4 Å². The van der Waals surface area contributed by atoms with E-state index in [1.807, 2.05) is 24.3 Å². The third-order valence-electron chi connectivity index (χ3n) is 5.93. The Balaban J connectivity index is 1.29. The Labute approximate surface area is 186 Å². The Morgan fingerprint density at radius 3 is 2.68 bits per heavy atom. The number of carbonyl (C=O) groups excluding carboxylic acids is 1. The highest BCUT2D eigenvalue weighted by molar-refractivity contribution is 6.32. The molecule has 5 rings (SSSR count). The van der Waals surface area contributed by atoms with Gasteiger partial charge in [-0.2, -0.15) is 0 Å². The Kier molecular flexibility index (Phi) is 5.96. The van der Waals surface area contributed by atoms with Crippen molar-refractivity contribution in [1.82, 2.24) is 9.80 Å². The van der Waals surface area contributed by atoms with Crippen molar-refractivity contribution < 1.29 is 19.0 Å². The molecule has 6 nitrogen and oxygen atoms in total. The van der Waals surface area contributed by atoms with Crippen LogP contribution in [0.3, 0.4) is 0 Å². The molecule has 0 aliphatic carbocycles. The Bertz CT molecular complexity index is 1020. The first-order chi connectivity index (χ1) is 15.2. The first-order valence-corrected chi connectivity index (χ1v) is 11.1. The molecule has 0 radical (unpaired) electrons. The number of morpholine rings is 1. The lowest BCUT2D eigenvalue weighted by molar-refractivity contribution is 0.0329. The number of halogens is 1. The summed E-state index contributed by atoms with van der Waals surface area (Å²) >= 11 is 6.25. The molecular weight excluding hydrogens is 416 g/mol. The fourth-order valence-corrected chi connectivity index (χ4v) is 4.41. The lowest BCUT2D eigenvalue weighted by Gasteiger charge is -2.31. The Hall–Kier alpha value is -2.38. The summed E-state index contributed by atoms with van der Waals surface area (Å²) in [5.41, 5.74) is 2.28. The second kappa shape index (κ2) is 9.01. The van der Waals surface area contributed by atoms with Crippen LogP contribution in [0.15, 0.2) is 42.2 Å². The van der Waals surface area contributed by atoms with Gasteiger partial charge in [-0.25, -0.2) is 0 Å². The smallest absolute Gasteiger partial charge is 0.231 e. The molecule has 7 heteroatoms. The van der Waals surface area contributed by atoms with Crippen LogP contribution in [-0.4, -0.2) is 61.7 Å². The van der Waals surface area contributed by atoms with Gasteiger partial charge in [0.05, 0.1) is 24.3 Å². The quantitative estimate of drug-likeness (QED) is 0.659. The fourth-order valence-electron chi connectivity index (χ4n) is 4.22. The van der Waals surface area contributed by atoms with Crippen LogP contribution < -0.4 is 9.47 Å². The number of carbonyl (C=O) groups is 1. The molecule has 0 atom stereocenters. The number of hydrogen-bond donors (Lipinski definition) is 0. The number of ether oxygens (including phenoxy) is 3. The van der Waals surface area contributed by atoms with Crippen LogP contribution in [0.2, 0.25) is 5.02 Å². The van der Waals surface area contributed by atoms with Gasteiger partial charge in [0.1, 0.15) is 18.2 Å². The summed E-state index contributed by atoms with van der Waals surface area (Å²) in [6, 6.07) is 11.1. The number of rotatable bonds is 5. The van der Waals surface area contributed by atoms with Gasteiger partial charge in [0.25, 0.3) is 0 Å². The first-order valence-electron chi connectivity index (χ1n) is 10.7. The molecule has 31 heavy (non-hydrogen) atoms. The predicted octanol–water partition coefficient (Wildman–Crippen LogP) is 3.83. The number of Topliss-reactive ketones (excluding diaryl/α,β-unsaturated/α-hetero) is 1.